The normalized spacial score (nSPS) is 23.7. The summed E-state index contributed by atoms with van der Waals surface area (Å²) >= 11 is 1.87. The van der Waals surface area contributed by atoms with E-state index in [9.17, 15) is 0 Å². The Kier molecular flexibility index (Phi) is 5.69. The zero-order valence-corrected chi connectivity index (χ0v) is 16.5. The average molecular weight is 372 g/mol. The molecule has 2 aromatic heterocycles. The van der Waals surface area contributed by atoms with Gasteiger partial charge < -0.3 is 4.74 Å². The van der Waals surface area contributed by atoms with Gasteiger partial charge in [-0.1, -0.05) is 12.1 Å². The van der Waals surface area contributed by atoms with Gasteiger partial charge in [0.05, 0.1) is 6.61 Å². The van der Waals surface area contributed by atoms with Crippen LogP contribution in [0, 0.1) is 11.3 Å². The van der Waals surface area contributed by atoms with E-state index >= 15 is 0 Å². The van der Waals surface area contributed by atoms with E-state index in [1.807, 2.05) is 36.9 Å². The molecule has 2 fully saturated rings. The summed E-state index contributed by atoms with van der Waals surface area (Å²) in [6.45, 7) is 7.78. The third-order valence-electron chi connectivity index (χ3n) is 6.19. The number of hydrogen-bond acceptors (Lipinski definition) is 5. The summed E-state index contributed by atoms with van der Waals surface area (Å²) in [7, 11) is 1.85. The van der Waals surface area contributed by atoms with E-state index in [1.165, 1.54) is 49.5 Å². The van der Waals surface area contributed by atoms with Crippen molar-refractivity contribution in [2.24, 2.45) is 11.3 Å². The van der Waals surface area contributed by atoms with Crippen LogP contribution in [0.3, 0.4) is 0 Å². The first kappa shape index (κ1) is 18.1. The topological polar surface area (TPSA) is 28.6 Å². The number of pyridine rings is 1. The molecule has 0 bridgehead atoms. The van der Waals surface area contributed by atoms with Crippen molar-refractivity contribution in [1.29, 1.82) is 0 Å². The van der Waals surface area contributed by atoms with Gasteiger partial charge in [-0.3, -0.25) is 14.8 Å². The maximum absolute atomic E-state index is 5.61. The maximum atomic E-state index is 5.61. The third-order valence-corrected chi connectivity index (χ3v) is 7.05. The molecule has 4 heterocycles. The van der Waals surface area contributed by atoms with Gasteiger partial charge in [-0.05, 0) is 54.4 Å². The molecule has 0 amide bonds. The summed E-state index contributed by atoms with van der Waals surface area (Å²) < 4.78 is 5.61. The molecule has 2 saturated heterocycles. The molecule has 0 N–H and O–H groups in total. The zero-order valence-electron chi connectivity index (χ0n) is 15.6. The average Bonchev–Trinajstić information content (AvgIpc) is 3.28. The van der Waals surface area contributed by atoms with Crippen LogP contribution >= 0.6 is 11.3 Å². The Bertz CT molecular complexity index is 668. The van der Waals surface area contributed by atoms with Gasteiger partial charge in [-0.2, -0.15) is 0 Å². The molecule has 2 aliphatic heterocycles. The Balaban J connectivity index is 1.38. The number of thiophene rings is 1. The van der Waals surface area contributed by atoms with Crippen molar-refractivity contribution in [3.8, 4) is 0 Å². The van der Waals surface area contributed by atoms with Crippen molar-refractivity contribution in [3.05, 3.63) is 52.5 Å². The minimum Gasteiger partial charge on any atom is -0.384 e. The quantitative estimate of drug-likeness (QED) is 0.777. The van der Waals surface area contributed by atoms with Crippen LogP contribution in [-0.4, -0.2) is 54.7 Å². The Morgan fingerprint density at radius 2 is 2.08 bits per heavy atom. The standard InChI is InChI=1S/C21H29N3OS/c1-25-16-19-14-24(15-20-5-3-11-26-20)17-21(19)6-9-23(10-7-21)13-18-4-2-8-22-12-18/h2-5,8,11-12,19H,6-7,9-10,13-17H2,1H3/t19-/m0/s1. The van der Waals surface area contributed by atoms with Crippen LogP contribution in [0.25, 0.3) is 0 Å². The van der Waals surface area contributed by atoms with E-state index in [0.29, 0.717) is 11.3 Å². The minimum atomic E-state index is 0.429. The molecule has 0 saturated carbocycles. The number of methoxy groups -OCH3 is 1. The first-order chi connectivity index (χ1) is 12.8. The van der Waals surface area contributed by atoms with Gasteiger partial charge in [0.1, 0.15) is 0 Å². The second-order valence-electron chi connectivity index (χ2n) is 7.90. The molecule has 4 nitrogen and oxygen atoms in total. The number of aromatic nitrogens is 1. The molecule has 0 aliphatic carbocycles. The summed E-state index contributed by atoms with van der Waals surface area (Å²) in [4.78, 5) is 11.0. The Labute approximate surface area is 160 Å². The lowest BCUT2D eigenvalue weighted by molar-refractivity contribution is 0.0350. The molecule has 0 radical (unpaired) electrons. The molecular formula is C21H29N3OS. The van der Waals surface area contributed by atoms with Gasteiger partial charge in [0.25, 0.3) is 0 Å². The first-order valence-electron chi connectivity index (χ1n) is 9.62. The van der Waals surface area contributed by atoms with E-state index in [2.05, 4.69) is 38.4 Å². The smallest absolute Gasteiger partial charge is 0.0508 e. The molecule has 140 valence electrons. The fraction of sp³-hybridized carbons (Fsp3) is 0.571. The number of likely N-dealkylation sites (tertiary alicyclic amines) is 2. The second kappa shape index (κ2) is 8.17. The van der Waals surface area contributed by atoms with Gasteiger partial charge in [-0.15, -0.1) is 11.3 Å². The Hall–Kier alpha value is -1.27. The van der Waals surface area contributed by atoms with Crippen LogP contribution in [0.1, 0.15) is 23.3 Å². The van der Waals surface area contributed by atoms with Crippen LogP contribution in [0.5, 0.6) is 0 Å². The number of rotatable bonds is 6. The SMILES string of the molecule is COC[C@@H]1CN(Cc2cccs2)CC12CCN(Cc1cccnc1)CC2. The van der Waals surface area contributed by atoms with Gasteiger partial charge in [0.2, 0.25) is 0 Å². The van der Waals surface area contributed by atoms with Crippen molar-refractivity contribution < 1.29 is 4.74 Å². The summed E-state index contributed by atoms with van der Waals surface area (Å²) in [5.74, 6) is 0.660. The zero-order chi connectivity index (χ0) is 17.8. The van der Waals surface area contributed by atoms with E-state index in [-0.39, 0.29) is 0 Å². The van der Waals surface area contributed by atoms with E-state index < -0.39 is 0 Å². The molecule has 4 rings (SSSR count). The van der Waals surface area contributed by atoms with Crippen LogP contribution in [-0.2, 0) is 17.8 Å². The molecule has 0 unspecified atom stereocenters. The van der Waals surface area contributed by atoms with Crippen molar-refractivity contribution >= 4 is 11.3 Å². The Morgan fingerprint density at radius 1 is 1.19 bits per heavy atom. The second-order valence-corrected chi connectivity index (χ2v) is 8.93. The van der Waals surface area contributed by atoms with Gasteiger partial charge in [0.15, 0.2) is 0 Å². The number of piperidine rings is 1. The molecule has 0 aromatic carbocycles. The highest BCUT2D eigenvalue weighted by Crippen LogP contribution is 2.45. The van der Waals surface area contributed by atoms with Gasteiger partial charge in [-0.25, -0.2) is 0 Å². The highest BCUT2D eigenvalue weighted by Gasteiger charge is 2.47. The summed E-state index contributed by atoms with van der Waals surface area (Å²) in [6, 6.07) is 8.64. The van der Waals surface area contributed by atoms with Crippen LogP contribution < -0.4 is 0 Å². The predicted octanol–water partition coefficient (Wildman–Crippen LogP) is 3.50. The predicted molar refractivity (Wildman–Crippen MR) is 106 cm³/mol. The summed E-state index contributed by atoms with van der Waals surface area (Å²) in [5.41, 5.74) is 1.75. The molecule has 2 aliphatic rings. The fourth-order valence-corrected chi connectivity index (χ4v) is 5.54. The lowest BCUT2D eigenvalue weighted by atomic mass is 9.71. The lowest BCUT2D eigenvalue weighted by Crippen LogP contribution is -2.44. The van der Waals surface area contributed by atoms with Crippen molar-refractivity contribution in [2.75, 3.05) is 39.9 Å². The van der Waals surface area contributed by atoms with Crippen molar-refractivity contribution in [2.45, 2.75) is 25.9 Å². The maximum Gasteiger partial charge on any atom is 0.0508 e. The Morgan fingerprint density at radius 3 is 2.77 bits per heavy atom. The number of nitrogens with zero attached hydrogens (tertiary/aromatic N) is 3. The summed E-state index contributed by atoms with van der Waals surface area (Å²) in [6.07, 6.45) is 6.41. The summed E-state index contributed by atoms with van der Waals surface area (Å²) in [5, 5.41) is 2.19. The molecule has 1 spiro atoms. The molecular weight excluding hydrogens is 342 g/mol. The van der Waals surface area contributed by atoms with Crippen molar-refractivity contribution in [1.82, 2.24) is 14.8 Å². The molecule has 1 atom stereocenters. The molecule has 2 aromatic rings. The van der Waals surface area contributed by atoms with Gasteiger partial charge >= 0.3 is 0 Å². The monoisotopic (exact) mass is 371 g/mol. The number of hydrogen-bond donors (Lipinski definition) is 0. The molecule has 5 heteroatoms. The largest absolute Gasteiger partial charge is 0.384 e. The van der Waals surface area contributed by atoms with Crippen molar-refractivity contribution in [3.63, 3.8) is 0 Å². The van der Waals surface area contributed by atoms with Crippen LogP contribution in [0.15, 0.2) is 42.0 Å². The van der Waals surface area contributed by atoms with Gasteiger partial charge in [0, 0.05) is 56.5 Å². The minimum absolute atomic E-state index is 0.429. The molecule has 26 heavy (non-hydrogen) atoms. The van der Waals surface area contributed by atoms with Crippen LogP contribution in [0.4, 0.5) is 0 Å². The van der Waals surface area contributed by atoms with E-state index in [1.54, 1.807) is 0 Å². The number of ether oxygens (including phenoxy) is 1. The van der Waals surface area contributed by atoms with E-state index in [0.717, 1.165) is 19.7 Å². The third kappa shape index (κ3) is 4.01. The van der Waals surface area contributed by atoms with E-state index in [4.69, 9.17) is 4.74 Å². The highest BCUT2D eigenvalue weighted by molar-refractivity contribution is 7.09. The van der Waals surface area contributed by atoms with Crippen LogP contribution in [0.2, 0.25) is 0 Å². The lowest BCUT2D eigenvalue weighted by Gasteiger charge is -2.42. The first-order valence-corrected chi connectivity index (χ1v) is 10.5. The fourth-order valence-electron chi connectivity index (χ4n) is 4.79. The highest BCUT2D eigenvalue weighted by atomic mass is 32.1.